The first kappa shape index (κ1) is 88.1. The van der Waals surface area contributed by atoms with Crippen molar-refractivity contribution < 1.29 is 80.2 Å². The van der Waals surface area contributed by atoms with Crippen LogP contribution in [-0.2, 0) is 65.4 Å². The van der Waals surface area contributed by atoms with Gasteiger partial charge in [-0.3, -0.25) is 37.3 Å². The predicted molar refractivity (Wildman–Crippen MR) is 363 cm³/mol. The minimum Gasteiger partial charge on any atom is -0.462 e. The van der Waals surface area contributed by atoms with Gasteiger partial charge in [0.05, 0.1) is 26.4 Å². The molecule has 19 heteroatoms. The van der Waals surface area contributed by atoms with Crippen molar-refractivity contribution >= 4 is 39.5 Å². The summed E-state index contributed by atoms with van der Waals surface area (Å²) in [4.78, 5) is 72.6. The highest BCUT2D eigenvalue weighted by Gasteiger charge is 2.30. The SMILES string of the molecule is CCC(C)CCCCCCCCCCC(=O)O[C@H](COC(=O)CCCCCCCCC(C)CC)COP(=O)(O)OC[C@H](O)COP(=O)(O)OC[C@@H](COC(=O)CCCCCCCCCCC(C)C)OC(=O)CCCCCCCCCCCCCCCCC(C)C. The van der Waals surface area contributed by atoms with Gasteiger partial charge in [-0.25, -0.2) is 9.13 Å². The van der Waals surface area contributed by atoms with Gasteiger partial charge in [-0.2, -0.15) is 0 Å². The van der Waals surface area contributed by atoms with Gasteiger partial charge in [0.2, 0.25) is 0 Å². The topological polar surface area (TPSA) is 237 Å². The lowest BCUT2D eigenvalue weighted by Gasteiger charge is -2.21. The van der Waals surface area contributed by atoms with Gasteiger partial charge in [-0.1, -0.05) is 299 Å². The van der Waals surface area contributed by atoms with Crippen molar-refractivity contribution in [3.8, 4) is 0 Å². The van der Waals surface area contributed by atoms with Gasteiger partial charge in [0, 0.05) is 25.7 Å². The fraction of sp³-hybridized carbons (Fsp3) is 0.944. The fourth-order valence-electron chi connectivity index (χ4n) is 10.6. The Bertz CT molecular complexity index is 1790. The summed E-state index contributed by atoms with van der Waals surface area (Å²) >= 11 is 0. The molecular weight excluding hydrogens is 1190 g/mol. The van der Waals surface area contributed by atoms with Gasteiger partial charge >= 0.3 is 39.5 Å². The van der Waals surface area contributed by atoms with Crippen molar-refractivity contribution in [2.24, 2.45) is 23.7 Å². The van der Waals surface area contributed by atoms with Crippen LogP contribution in [0.15, 0.2) is 0 Å². The summed E-state index contributed by atoms with van der Waals surface area (Å²) in [6.07, 6.45) is 43.1. The number of hydrogen-bond donors (Lipinski definition) is 3. The molecule has 7 atom stereocenters. The smallest absolute Gasteiger partial charge is 0.462 e. The van der Waals surface area contributed by atoms with Gasteiger partial charge in [-0.05, 0) is 49.4 Å². The highest BCUT2D eigenvalue weighted by molar-refractivity contribution is 7.47. The number of rotatable bonds is 68. The standard InChI is InChI=1S/C71H138O17P2/c1-9-63(7)49-41-33-25-20-22-28-38-46-54-71(76)88-67(58-82-69(74)52-44-36-30-29-34-42-50-64(8)10-2)60-86-90(79,80)84-56-65(72)55-83-89(77,78)85-59-66(57-81-68(73)51-43-35-26-21-19-24-32-40-48-62(5)6)87-70(75)53-45-37-27-18-16-14-12-11-13-15-17-23-31-39-47-61(3)4/h61-67,72H,9-60H2,1-8H3,(H,77,78)(H,79,80)/t63?,64?,65-,66-,67-/m1/s1. The van der Waals surface area contributed by atoms with Crippen LogP contribution in [0.2, 0.25) is 0 Å². The minimum absolute atomic E-state index is 0.104. The second-order valence-electron chi connectivity index (χ2n) is 27.1. The summed E-state index contributed by atoms with van der Waals surface area (Å²) in [7, 11) is -9.90. The summed E-state index contributed by atoms with van der Waals surface area (Å²) in [6.45, 7) is 14.1. The van der Waals surface area contributed by atoms with E-state index in [4.69, 9.17) is 37.0 Å². The zero-order valence-electron chi connectivity index (χ0n) is 58.8. The molecule has 0 bridgehead atoms. The number of hydrogen-bond acceptors (Lipinski definition) is 15. The Kier molecular flexibility index (Phi) is 59.4. The largest absolute Gasteiger partial charge is 0.472 e. The van der Waals surface area contributed by atoms with E-state index in [-0.39, 0.29) is 25.7 Å². The number of carbonyl (C=O) groups is 4. The number of ether oxygens (including phenoxy) is 4. The maximum Gasteiger partial charge on any atom is 0.472 e. The van der Waals surface area contributed by atoms with Crippen LogP contribution in [0.5, 0.6) is 0 Å². The van der Waals surface area contributed by atoms with Gasteiger partial charge in [0.1, 0.15) is 19.3 Å². The normalized spacial score (nSPS) is 14.9. The van der Waals surface area contributed by atoms with E-state index >= 15 is 0 Å². The molecule has 4 unspecified atom stereocenters. The molecule has 0 saturated carbocycles. The van der Waals surface area contributed by atoms with Crippen LogP contribution in [0.1, 0.15) is 351 Å². The molecule has 0 amide bonds. The third kappa shape index (κ3) is 62.2. The molecular formula is C71H138O17P2. The minimum atomic E-state index is -4.95. The maximum absolute atomic E-state index is 13.0. The predicted octanol–water partition coefficient (Wildman–Crippen LogP) is 20.1. The molecule has 0 aromatic heterocycles. The summed E-state index contributed by atoms with van der Waals surface area (Å²) in [5, 5.41) is 10.6. The molecule has 0 heterocycles. The van der Waals surface area contributed by atoms with E-state index in [9.17, 15) is 43.2 Å². The molecule has 0 rings (SSSR count). The lowest BCUT2D eigenvalue weighted by molar-refractivity contribution is -0.161. The number of unbranched alkanes of at least 4 members (excludes halogenated alkanes) is 32. The van der Waals surface area contributed by atoms with Crippen molar-refractivity contribution in [1.82, 2.24) is 0 Å². The second kappa shape index (κ2) is 60.7. The molecule has 17 nitrogen and oxygen atoms in total. The second-order valence-corrected chi connectivity index (χ2v) is 30.0. The molecule has 0 aliphatic heterocycles. The van der Waals surface area contributed by atoms with E-state index in [1.807, 2.05) is 0 Å². The molecule has 0 aliphatic rings. The lowest BCUT2D eigenvalue weighted by atomic mass is 9.99. The van der Waals surface area contributed by atoms with Crippen LogP contribution in [0, 0.1) is 23.7 Å². The van der Waals surface area contributed by atoms with Gasteiger partial charge in [0.25, 0.3) is 0 Å². The fourth-order valence-corrected chi connectivity index (χ4v) is 12.2. The lowest BCUT2D eigenvalue weighted by Crippen LogP contribution is -2.30. The molecule has 0 spiro atoms. The van der Waals surface area contributed by atoms with Crippen molar-refractivity contribution in [2.45, 2.75) is 369 Å². The monoisotopic (exact) mass is 1320 g/mol. The number of esters is 4. The number of aliphatic hydroxyl groups is 1. The van der Waals surface area contributed by atoms with Gasteiger partial charge < -0.3 is 33.8 Å². The molecule has 0 aromatic carbocycles. The molecule has 3 N–H and O–H groups in total. The van der Waals surface area contributed by atoms with E-state index < -0.39 is 97.5 Å². The van der Waals surface area contributed by atoms with Crippen molar-refractivity contribution in [3.05, 3.63) is 0 Å². The van der Waals surface area contributed by atoms with E-state index in [1.54, 1.807) is 0 Å². The van der Waals surface area contributed by atoms with E-state index in [2.05, 4.69) is 55.4 Å². The summed E-state index contributed by atoms with van der Waals surface area (Å²) < 4.78 is 68.3. The van der Waals surface area contributed by atoms with E-state index in [0.717, 1.165) is 120 Å². The van der Waals surface area contributed by atoms with Crippen LogP contribution < -0.4 is 0 Å². The van der Waals surface area contributed by atoms with Crippen LogP contribution in [0.4, 0.5) is 0 Å². The highest BCUT2D eigenvalue weighted by atomic mass is 31.2. The van der Waals surface area contributed by atoms with Crippen LogP contribution >= 0.6 is 15.6 Å². The third-order valence-electron chi connectivity index (χ3n) is 17.0. The molecule has 90 heavy (non-hydrogen) atoms. The Morgan fingerprint density at radius 3 is 0.789 bits per heavy atom. The molecule has 0 fully saturated rings. The Balaban J connectivity index is 5.25. The number of carbonyl (C=O) groups excluding carboxylic acids is 4. The zero-order chi connectivity index (χ0) is 66.8. The molecule has 534 valence electrons. The first-order valence-electron chi connectivity index (χ1n) is 36.8. The number of phosphoric ester groups is 2. The van der Waals surface area contributed by atoms with Crippen molar-refractivity contribution in [3.63, 3.8) is 0 Å². The molecule has 0 aliphatic carbocycles. The summed E-state index contributed by atoms with van der Waals surface area (Å²) in [5.41, 5.74) is 0. The molecule has 0 radical (unpaired) electrons. The van der Waals surface area contributed by atoms with Crippen LogP contribution in [0.3, 0.4) is 0 Å². The molecule has 0 saturated heterocycles. The quantitative estimate of drug-likeness (QED) is 0.0222. The zero-order valence-corrected chi connectivity index (χ0v) is 60.6. The van der Waals surface area contributed by atoms with Gasteiger partial charge in [-0.15, -0.1) is 0 Å². The highest BCUT2D eigenvalue weighted by Crippen LogP contribution is 2.45. The Morgan fingerprint density at radius 2 is 0.533 bits per heavy atom. The number of phosphoric acid groups is 2. The Labute approximate surface area is 549 Å². The maximum atomic E-state index is 13.0. The average molecular weight is 1330 g/mol. The van der Waals surface area contributed by atoms with E-state index in [0.29, 0.717) is 25.7 Å². The first-order valence-corrected chi connectivity index (χ1v) is 39.8. The van der Waals surface area contributed by atoms with Gasteiger partial charge in [0.15, 0.2) is 12.2 Å². The summed E-state index contributed by atoms with van der Waals surface area (Å²) in [6, 6.07) is 0. The first-order chi connectivity index (χ1) is 43.2. The summed E-state index contributed by atoms with van der Waals surface area (Å²) in [5.74, 6) is 0.891. The third-order valence-corrected chi connectivity index (χ3v) is 18.9. The van der Waals surface area contributed by atoms with Crippen molar-refractivity contribution in [1.29, 1.82) is 0 Å². The van der Waals surface area contributed by atoms with E-state index in [1.165, 1.54) is 148 Å². The Hall–Kier alpha value is -1.94. The number of aliphatic hydroxyl groups excluding tert-OH is 1. The molecule has 0 aromatic rings. The van der Waals surface area contributed by atoms with Crippen molar-refractivity contribution in [2.75, 3.05) is 39.6 Å². The van der Waals surface area contributed by atoms with Crippen LogP contribution in [-0.4, -0.2) is 96.7 Å². The average Bonchev–Trinajstić information content (AvgIpc) is 3.57. The van der Waals surface area contributed by atoms with Crippen LogP contribution in [0.25, 0.3) is 0 Å². The Morgan fingerprint density at radius 1 is 0.311 bits per heavy atom.